The van der Waals surface area contributed by atoms with Crippen molar-refractivity contribution >= 4 is 13.1 Å². The molecule has 0 radical (unpaired) electrons. The molecule has 0 atom stereocenters. The molecule has 72 valence electrons. The first-order valence-electron chi connectivity index (χ1n) is 3.54. The zero-order valence-corrected chi connectivity index (χ0v) is 8.97. The molecule has 0 aliphatic carbocycles. The quantitative estimate of drug-likeness (QED) is 0.645. The summed E-state index contributed by atoms with van der Waals surface area (Å²) in [6, 6.07) is 0. The van der Waals surface area contributed by atoms with Crippen LogP contribution in [0.4, 0.5) is 0 Å². The fraction of sp³-hybridized carbons (Fsp3) is 0.857. The third kappa shape index (κ3) is 2.41. The van der Waals surface area contributed by atoms with Gasteiger partial charge >= 0.3 is 7.60 Å². The molecule has 0 spiro atoms. The minimum Gasteiger partial charge on any atom is -0.307 e. The average molecular weight is 194 g/mol. The molecule has 0 aliphatic rings. The van der Waals surface area contributed by atoms with Gasteiger partial charge < -0.3 is 9.05 Å². The summed E-state index contributed by atoms with van der Waals surface area (Å²) in [6.45, 7) is 5.00. The van der Waals surface area contributed by atoms with E-state index in [0.29, 0.717) is 0 Å². The van der Waals surface area contributed by atoms with Crippen LogP contribution in [0.25, 0.3) is 0 Å². The molecule has 0 saturated heterocycles. The fourth-order valence-corrected chi connectivity index (χ4v) is 1.95. The van der Waals surface area contributed by atoms with Crippen molar-refractivity contribution in [1.82, 2.24) is 0 Å². The van der Waals surface area contributed by atoms with Gasteiger partial charge in [-0.15, -0.1) is 0 Å². The van der Waals surface area contributed by atoms with Crippen LogP contribution in [0.2, 0.25) is 0 Å². The summed E-state index contributed by atoms with van der Waals surface area (Å²) < 4.78 is 20.6. The molecule has 0 unspecified atom stereocenters. The van der Waals surface area contributed by atoms with Gasteiger partial charge in [0, 0.05) is 19.6 Å². The van der Waals surface area contributed by atoms with E-state index in [9.17, 15) is 9.36 Å². The van der Waals surface area contributed by atoms with Crippen molar-refractivity contribution in [2.24, 2.45) is 5.41 Å². The molecule has 0 aliphatic heterocycles. The number of hydrogen-bond donors (Lipinski definition) is 0. The summed E-state index contributed by atoms with van der Waals surface area (Å²) in [5, 5.41) is 0. The lowest BCUT2D eigenvalue weighted by Crippen LogP contribution is -2.21. The molecule has 0 N–H and O–H groups in total. The smallest absolute Gasteiger partial charge is 0.307 e. The van der Waals surface area contributed by atoms with Crippen molar-refractivity contribution < 1.29 is 18.4 Å². The Morgan fingerprint density at radius 1 is 1.17 bits per heavy atom. The Hall–Kier alpha value is -0.180. The maximum atomic E-state index is 11.5. The topological polar surface area (TPSA) is 52.6 Å². The molecule has 4 nitrogen and oxygen atoms in total. The summed E-state index contributed by atoms with van der Waals surface area (Å²) in [6.07, 6.45) is 0. The van der Waals surface area contributed by atoms with Gasteiger partial charge in [0.05, 0.1) is 0 Å². The summed E-state index contributed by atoms with van der Waals surface area (Å²) in [7, 11) is -1.13. The van der Waals surface area contributed by atoms with E-state index in [0.717, 1.165) is 0 Å². The number of carbonyl (C=O) groups is 1. The van der Waals surface area contributed by atoms with Gasteiger partial charge in [0.2, 0.25) is 5.52 Å². The summed E-state index contributed by atoms with van der Waals surface area (Å²) in [4.78, 5) is 11.4. The van der Waals surface area contributed by atoms with Crippen LogP contribution in [0.15, 0.2) is 0 Å². The molecule has 0 saturated carbocycles. The molecule has 0 aromatic rings. The molecule has 0 rings (SSSR count). The molecule has 0 amide bonds. The van der Waals surface area contributed by atoms with Crippen LogP contribution in [-0.4, -0.2) is 19.7 Å². The molecular weight excluding hydrogens is 179 g/mol. The standard InChI is InChI=1S/C7H15O4P/c1-7(2,3)6(8)12(9,10-4)11-5/h1-5H3. The highest BCUT2D eigenvalue weighted by atomic mass is 31.2. The maximum absolute atomic E-state index is 11.5. The highest BCUT2D eigenvalue weighted by molar-refractivity contribution is 7.71. The Labute approximate surface area is 72.8 Å². The van der Waals surface area contributed by atoms with E-state index in [-0.39, 0.29) is 0 Å². The second kappa shape index (κ2) is 3.69. The SMILES string of the molecule is COP(=O)(OC)C(=O)C(C)(C)C. The molecule has 0 aromatic carbocycles. The van der Waals surface area contributed by atoms with E-state index in [1.807, 2.05) is 0 Å². The lowest BCUT2D eigenvalue weighted by Gasteiger charge is -2.21. The van der Waals surface area contributed by atoms with Gasteiger partial charge in [0.25, 0.3) is 0 Å². The molecule has 0 aromatic heterocycles. The van der Waals surface area contributed by atoms with Crippen molar-refractivity contribution in [3.05, 3.63) is 0 Å². The predicted octanol–water partition coefficient (Wildman–Crippen LogP) is 2.04. The van der Waals surface area contributed by atoms with E-state index >= 15 is 0 Å². The number of carbonyl (C=O) groups excluding carboxylic acids is 1. The Balaban J connectivity index is 4.80. The third-order valence-electron chi connectivity index (χ3n) is 1.37. The number of rotatable bonds is 3. The second-order valence-electron chi connectivity index (χ2n) is 3.42. The van der Waals surface area contributed by atoms with Gasteiger partial charge in [0.15, 0.2) is 0 Å². The summed E-state index contributed by atoms with van der Waals surface area (Å²) in [5.74, 6) is 0. The molecule has 5 heteroatoms. The van der Waals surface area contributed by atoms with Crippen LogP contribution in [-0.2, 0) is 18.4 Å². The highest BCUT2D eigenvalue weighted by Gasteiger charge is 2.40. The lowest BCUT2D eigenvalue weighted by molar-refractivity contribution is -0.120. The van der Waals surface area contributed by atoms with Crippen LogP contribution in [0.3, 0.4) is 0 Å². The number of hydrogen-bond acceptors (Lipinski definition) is 4. The third-order valence-corrected chi connectivity index (χ3v) is 3.50. The molecule has 12 heavy (non-hydrogen) atoms. The van der Waals surface area contributed by atoms with Crippen LogP contribution in [0, 0.1) is 5.41 Å². The Morgan fingerprint density at radius 3 is 1.58 bits per heavy atom. The first-order chi connectivity index (χ1) is 5.28. The Kier molecular flexibility index (Phi) is 3.63. The van der Waals surface area contributed by atoms with E-state index < -0.39 is 18.5 Å². The van der Waals surface area contributed by atoms with Crippen molar-refractivity contribution in [2.75, 3.05) is 14.2 Å². The Bertz CT molecular complexity index is 208. The lowest BCUT2D eigenvalue weighted by atomic mass is 10.00. The molecular formula is C7H15O4P. The minimum absolute atomic E-state index is 0.500. The van der Waals surface area contributed by atoms with E-state index in [4.69, 9.17) is 0 Å². The van der Waals surface area contributed by atoms with Crippen molar-refractivity contribution in [3.8, 4) is 0 Å². The zero-order chi connectivity index (χ0) is 9.99. The monoisotopic (exact) mass is 194 g/mol. The van der Waals surface area contributed by atoms with Crippen LogP contribution >= 0.6 is 7.60 Å². The van der Waals surface area contributed by atoms with Crippen LogP contribution in [0.1, 0.15) is 20.8 Å². The van der Waals surface area contributed by atoms with Crippen molar-refractivity contribution in [2.45, 2.75) is 20.8 Å². The van der Waals surface area contributed by atoms with E-state index in [1.165, 1.54) is 14.2 Å². The molecule has 0 fully saturated rings. The van der Waals surface area contributed by atoms with Gasteiger partial charge in [0.1, 0.15) is 0 Å². The summed E-state index contributed by atoms with van der Waals surface area (Å²) in [5.41, 5.74) is -1.21. The van der Waals surface area contributed by atoms with Gasteiger partial charge in [-0.3, -0.25) is 9.36 Å². The van der Waals surface area contributed by atoms with Crippen molar-refractivity contribution in [3.63, 3.8) is 0 Å². The minimum atomic E-state index is -3.53. The van der Waals surface area contributed by atoms with E-state index in [2.05, 4.69) is 9.05 Å². The first-order valence-corrected chi connectivity index (χ1v) is 5.08. The predicted molar refractivity (Wildman–Crippen MR) is 46.1 cm³/mol. The van der Waals surface area contributed by atoms with Gasteiger partial charge in [-0.25, -0.2) is 0 Å². The molecule has 0 bridgehead atoms. The maximum Gasteiger partial charge on any atom is 0.396 e. The molecule has 0 heterocycles. The van der Waals surface area contributed by atoms with Gasteiger partial charge in [-0.05, 0) is 0 Å². The second-order valence-corrected chi connectivity index (χ2v) is 5.55. The highest BCUT2D eigenvalue weighted by Crippen LogP contribution is 2.52. The zero-order valence-electron chi connectivity index (χ0n) is 8.08. The Morgan fingerprint density at radius 2 is 1.50 bits per heavy atom. The van der Waals surface area contributed by atoms with Gasteiger partial charge in [-0.1, -0.05) is 20.8 Å². The van der Waals surface area contributed by atoms with Crippen LogP contribution in [0.5, 0.6) is 0 Å². The van der Waals surface area contributed by atoms with Crippen molar-refractivity contribution in [1.29, 1.82) is 0 Å². The largest absolute Gasteiger partial charge is 0.396 e. The normalized spacial score (nSPS) is 13.1. The first kappa shape index (κ1) is 11.8. The fourth-order valence-electron chi connectivity index (χ4n) is 0.651. The van der Waals surface area contributed by atoms with Crippen LogP contribution < -0.4 is 0 Å². The summed E-state index contributed by atoms with van der Waals surface area (Å²) >= 11 is 0. The van der Waals surface area contributed by atoms with E-state index in [1.54, 1.807) is 20.8 Å². The average Bonchev–Trinajstić information content (AvgIpc) is 2.00. The van der Waals surface area contributed by atoms with Gasteiger partial charge in [-0.2, -0.15) is 0 Å².